The molecule has 0 atom stereocenters. The van der Waals surface area contributed by atoms with Crippen molar-refractivity contribution < 1.29 is 19.4 Å². The minimum absolute atomic E-state index is 0.0586. The van der Waals surface area contributed by atoms with Crippen molar-refractivity contribution in [3.63, 3.8) is 0 Å². The van der Waals surface area contributed by atoms with Gasteiger partial charge in [0.25, 0.3) is 0 Å². The molecule has 0 bridgehead atoms. The van der Waals surface area contributed by atoms with E-state index in [9.17, 15) is 9.90 Å². The summed E-state index contributed by atoms with van der Waals surface area (Å²) in [7, 11) is 1.24. The first kappa shape index (κ1) is 8.80. The van der Waals surface area contributed by atoms with Crippen molar-refractivity contribution >= 4 is 5.97 Å². The van der Waals surface area contributed by atoms with Crippen molar-refractivity contribution in [2.75, 3.05) is 13.7 Å². The van der Waals surface area contributed by atoms with E-state index in [-0.39, 0.29) is 11.4 Å². The predicted octanol–water partition coefficient (Wildman–Crippen LogP) is 0.509. The first-order valence-electron chi connectivity index (χ1n) is 4.16. The van der Waals surface area contributed by atoms with Gasteiger partial charge < -0.3 is 14.6 Å². The summed E-state index contributed by atoms with van der Waals surface area (Å²) in [5.74, 6) is -0.237. The Labute approximate surface area is 80.3 Å². The molecule has 1 N–H and O–H groups in total. The standard InChI is InChI=1S/C9H9NO4/c1-13-9(12)7-8(11)5-2-3-14-6(5)4-10-7/h4,11H,2-3H2,1H3. The second kappa shape index (κ2) is 3.17. The van der Waals surface area contributed by atoms with Crippen molar-refractivity contribution in [2.24, 2.45) is 0 Å². The van der Waals surface area contributed by atoms with Crippen LogP contribution in [0.25, 0.3) is 0 Å². The maximum absolute atomic E-state index is 11.1. The molecule has 5 heteroatoms. The Hall–Kier alpha value is -1.78. The normalized spacial score (nSPS) is 13.2. The van der Waals surface area contributed by atoms with Gasteiger partial charge in [0.05, 0.1) is 19.9 Å². The molecule has 0 aliphatic carbocycles. The van der Waals surface area contributed by atoms with Crippen molar-refractivity contribution in [2.45, 2.75) is 6.42 Å². The Kier molecular flexibility index (Phi) is 1.99. The summed E-state index contributed by atoms with van der Waals surface area (Å²) in [6.07, 6.45) is 2.02. The third kappa shape index (κ3) is 1.17. The zero-order valence-electron chi connectivity index (χ0n) is 7.61. The molecule has 0 fully saturated rings. The van der Waals surface area contributed by atoms with Gasteiger partial charge in [0.1, 0.15) is 5.75 Å². The molecule has 2 heterocycles. The molecule has 1 aliphatic heterocycles. The van der Waals surface area contributed by atoms with Crippen LogP contribution >= 0.6 is 0 Å². The van der Waals surface area contributed by atoms with Crippen LogP contribution in [-0.2, 0) is 11.2 Å². The fourth-order valence-corrected chi connectivity index (χ4v) is 1.40. The molecule has 0 saturated carbocycles. The number of aromatic nitrogens is 1. The van der Waals surface area contributed by atoms with Crippen LogP contribution in [0.1, 0.15) is 16.1 Å². The van der Waals surface area contributed by atoms with Crippen LogP contribution in [0.15, 0.2) is 6.20 Å². The van der Waals surface area contributed by atoms with Crippen LogP contribution in [0, 0.1) is 0 Å². The SMILES string of the molecule is COC(=O)c1ncc2c(c1O)CCO2. The van der Waals surface area contributed by atoms with E-state index in [1.54, 1.807) is 0 Å². The van der Waals surface area contributed by atoms with E-state index in [1.807, 2.05) is 0 Å². The van der Waals surface area contributed by atoms with Crippen LogP contribution in [0.3, 0.4) is 0 Å². The summed E-state index contributed by atoms with van der Waals surface area (Å²) < 4.78 is 9.65. The fraction of sp³-hybridized carbons (Fsp3) is 0.333. The van der Waals surface area contributed by atoms with E-state index in [1.165, 1.54) is 13.3 Å². The van der Waals surface area contributed by atoms with Gasteiger partial charge in [-0.2, -0.15) is 0 Å². The summed E-state index contributed by atoms with van der Waals surface area (Å²) in [6.45, 7) is 0.509. The summed E-state index contributed by atoms with van der Waals surface area (Å²) in [5.41, 5.74) is 0.567. The lowest BCUT2D eigenvalue weighted by Gasteiger charge is -2.04. The molecule has 74 valence electrons. The summed E-state index contributed by atoms with van der Waals surface area (Å²) in [4.78, 5) is 14.9. The minimum atomic E-state index is -0.641. The zero-order chi connectivity index (χ0) is 10.1. The quantitative estimate of drug-likeness (QED) is 0.661. The topological polar surface area (TPSA) is 68.7 Å². The number of carbonyl (C=O) groups is 1. The van der Waals surface area contributed by atoms with E-state index in [4.69, 9.17) is 4.74 Å². The van der Waals surface area contributed by atoms with Gasteiger partial charge in [-0.1, -0.05) is 0 Å². The molecule has 1 aromatic rings. The number of aromatic hydroxyl groups is 1. The van der Waals surface area contributed by atoms with E-state index in [0.29, 0.717) is 24.3 Å². The Morgan fingerprint density at radius 2 is 2.50 bits per heavy atom. The summed E-state index contributed by atoms with van der Waals surface area (Å²) >= 11 is 0. The molecule has 2 rings (SSSR count). The van der Waals surface area contributed by atoms with Gasteiger partial charge in [-0.25, -0.2) is 9.78 Å². The van der Waals surface area contributed by atoms with Gasteiger partial charge in [0.2, 0.25) is 0 Å². The molecule has 0 saturated heterocycles. The maximum atomic E-state index is 11.1. The van der Waals surface area contributed by atoms with Crippen LogP contribution in [0.5, 0.6) is 11.5 Å². The highest BCUT2D eigenvalue weighted by atomic mass is 16.5. The number of fused-ring (bicyclic) bond motifs is 1. The van der Waals surface area contributed by atoms with Gasteiger partial charge in [-0.3, -0.25) is 0 Å². The van der Waals surface area contributed by atoms with Crippen LogP contribution < -0.4 is 4.74 Å². The third-order valence-electron chi connectivity index (χ3n) is 2.11. The van der Waals surface area contributed by atoms with Gasteiger partial charge in [-0.15, -0.1) is 0 Å². The van der Waals surface area contributed by atoms with E-state index in [0.717, 1.165) is 0 Å². The molecular weight excluding hydrogens is 186 g/mol. The largest absolute Gasteiger partial charge is 0.505 e. The van der Waals surface area contributed by atoms with Crippen molar-refractivity contribution in [1.29, 1.82) is 0 Å². The van der Waals surface area contributed by atoms with Gasteiger partial charge >= 0.3 is 5.97 Å². The second-order valence-corrected chi connectivity index (χ2v) is 2.89. The van der Waals surface area contributed by atoms with Gasteiger partial charge in [0, 0.05) is 12.0 Å². The zero-order valence-corrected chi connectivity index (χ0v) is 7.61. The molecule has 0 aromatic carbocycles. The monoisotopic (exact) mass is 195 g/mol. The number of hydrogen-bond donors (Lipinski definition) is 1. The van der Waals surface area contributed by atoms with E-state index < -0.39 is 5.97 Å². The Balaban J connectivity index is 2.50. The van der Waals surface area contributed by atoms with Gasteiger partial charge in [-0.05, 0) is 0 Å². The average molecular weight is 195 g/mol. The molecule has 0 spiro atoms. The van der Waals surface area contributed by atoms with Crippen LogP contribution in [0.4, 0.5) is 0 Å². The molecule has 5 nitrogen and oxygen atoms in total. The highest BCUT2D eigenvalue weighted by Crippen LogP contribution is 2.33. The minimum Gasteiger partial charge on any atom is -0.505 e. The fourth-order valence-electron chi connectivity index (χ4n) is 1.40. The van der Waals surface area contributed by atoms with Crippen LogP contribution in [0.2, 0.25) is 0 Å². The lowest BCUT2D eigenvalue weighted by atomic mass is 10.1. The number of hydrogen-bond acceptors (Lipinski definition) is 5. The first-order chi connectivity index (χ1) is 6.74. The first-order valence-corrected chi connectivity index (χ1v) is 4.16. The highest BCUT2D eigenvalue weighted by Gasteiger charge is 2.23. The Bertz CT molecular complexity index is 389. The molecule has 0 radical (unpaired) electrons. The smallest absolute Gasteiger partial charge is 0.360 e. The Morgan fingerprint density at radius 3 is 3.21 bits per heavy atom. The van der Waals surface area contributed by atoms with Crippen molar-refractivity contribution in [1.82, 2.24) is 4.98 Å². The Morgan fingerprint density at radius 1 is 1.71 bits per heavy atom. The summed E-state index contributed by atoms with van der Waals surface area (Å²) in [6, 6.07) is 0. The number of carbonyl (C=O) groups excluding carboxylic acids is 1. The number of rotatable bonds is 1. The molecule has 0 unspecified atom stereocenters. The second-order valence-electron chi connectivity index (χ2n) is 2.89. The number of pyridine rings is 1. The van der Waals surface area contributed by atoms with Crippen molar-refractivity contribution in [3.05, 3.63) is 17.5 Å². The molecular formula is C9H9NO4. The molecule has 1 aromatic heterocycles. The van der Waals surface area contributed by atoms with Crippen LogP contribution in [-0.4, -0.2) is 29.8 Å². The molecule has 14 heavy (non-hydrogen) atoms. The number of nitrogens with zero attached hydrogens (tertiary/aromatic N) is 1. The van der Waals surface area contributed by atoms with E-state index >= 15 is 0 Å². The lowest BCUT2D eigenvalue weighted by molar-refractivity contribution is 0.0590. The van der Waals surface area contributed by atoms with Gasteiger partial charge in [0.15, 0.2) is 11.4 Å². The maximum Gasteiger partial charge on any atom is 0.360 e. The number of methoxy groups -OCH3 is 1. The number of esters is 1. The van der Waals surface area contributed by atoms with E-state index in [2.05, 4.69) is 9.72 Å². The lowest BCUT2D eigenvalue weighted by Crippen LogP contribution is -2.05. The molecule has 1 aliphatic rings. The third-order valence-corrected chi connectivity index (χ3v) is 2.11. The summed E-state index contributed by atoms with van der Waals surface area (Å²) in [5, 5.41) is 9.67. The highest BCUT2D eigenvalue weighted by molar-refractivity contribution is 5.90. The van der Waals surface area contributed by atoms with Crippen molar-refractivity contribution in [3.8, 4) is 11.5 Å². The average Bonchev–Trinajstić information content (AvgIpc) is 2.66. The number of ether oxygens (including phenoxy) is 2. The predicted molar refractivity (Wildman–Crippen MR) is 46.4 cm³/mol. The molecule has 0 amide bonds.